The Kier molecular flexibility index (Phi) is 5.16. The number of carbonyl (C=O) groups excluding carboxylic acids is 2. The van der Waals surface area contributed by atoms with Crippen molar-refractivity contribution in [3.63, 3.8) is 0 Å². The number of benzene rings is 2. The molecule has 2 aromatic rings. The Bertz CT molecular complexity index is 733. The van der Waals surface area contributed by atoms with E-state index in [1.807, 2.05) is 48.5 Å². The summed E-state index contributed by atoms with van der Waals surface area (Å²) in [6.07, 6.45) is 0.272. The van der Waals surface area contributed by atoms with Crippen LogP contribution in [0.5, 0.6) is 0 Å². The summed E-state index contributed by atoms with van der Waals surface area (Å²) in [5.41, 5.74) is 2.02. The molecule has 4 nitrogen and oxygen atoms in total. The highest BCUT2D eigenvalue weighted by Crippen LogP contribution is 2.20. The average Bonchev–Trinajstić information content (AvgIpc) is 2.95. The largest absolute Gasteiger partial charge is 0.352 e. The van der Waals surface area contributed by atoms with Crippen LogP contribution >= 0.6 is 11.6 Å². The number of likely N-dealkylation sites (tertiary alicyclic amines) is 1. The zero-order chi connectivity index (χ0) is 16.9. The van der Waals surface area contributed by atoms with E-state index in [0.29, 0.717) is 24.7 Å². The maximum atomic E-state index is 12.3. The lowest BCUT2D eigenvalue weighted by Gasteiger charge is -2.16. The SMILES string of the molecule is O=C(NCc1cccc(Cl)c1)[C@H]1CC(=O)N(Cc2ccccc2)C1. The summed E-state index contributed by atoms with van der Waals surface area (Å²) in [4.78, 5) is 26.2. The Morgan fingerprint density at radius 1 is 1.12 bits per heavy atom. The summed E-state index contributed by atoms with van der Waals surface area (Å²) in [6.45, 7) is 1.44. The summed E-state index contributed by atoms with van der Waals surface area (Å²) < 4.78 is 0. The molecule has 5 heteroatoms. The Morgan fingerprint density at radius 3 is 2.62 bits per heavy atom. The third-order valence-corrected chi connectivity index (χ3v) is 4.39. The number of carbonyl (C=O) groups is 2. The predicted molar refractivity (Wildman–Crippen MR) is 93.3 cm³/mol. The van der Waals surface area contributed by atoms with Gasteiger partial charge in [-0.1, -0.05) is 54.1 Å². The second-order valence-corrected chi connectivity index (χ2v) is 6.45. The topological polar surface area (TPSA) is 49.4 Å². The van der Waals surface area contributed by atoms with Crippen molar-refractivity contribution in [2.45, 2.75) is 19.5 Å². The van der Waals surface area contributed by atoms with Gasteiger partial charge in [0.15, 0.2) is 0 Å². The molecular weight excluding hydrogens is 324 g/mol. The summed E-state index contributed by atoms with van der Waals surface area (Å²) in [5.74, 6) is -0.346. The van der Waals surface area contributed by atoms with Crippen LogP contribution < -0.4 is 5.32 Å². The molecule has 3 rings (SSSR count). The first-order valence-corrected chi connectivity index (χ1v) is 8.33. The van der Waals surface area contributed by atoms with Crippen LogP contribution in [-0.2, 0) is 22.7 Å². The molecule has 0 spiro atoms. The molecule has 1 aliphatic heterocycles. The van der Waals surface area contributed by atoms with Gasteiger partial charge in [0.05, 0.1) is 5.92 Å². The van der Waals surface area contributed by atoms with Crippen molar-refractivity contribution >= 4 is 23.4 Å². The molecule has 2 aromatic carbocycles. The van der Waals surface area contributed by atoms with Gasteiger partial charge in [-0.3, -0.25) is 9.59 Å². The summed E-state index contributed by atoms with van der Waals surface area (Å²) in [5, 5.41) is 3.54. The molecule has 2 amide bonds. The van der Waals surface area contributed by atoms with Crippen molar-refractivity contribution in [3.05, 3.63) is 70.7 Å². The molecular formula is C19H19ClN2O2. The third kappa shape index (κ3) is 4.15. The molecule has 0 radical (unpaired) electrons. The van der Waals surface area contributed by atoms with Gasteiger partial charge < -0.3 is 10.2 Å². The van der Waals surface area contributed by atoms with Gasteiger partial charge in [0.2, 0.25) is 11.8 Å². The normalized spacial score (nSPS) is 17.1. The number of hydrogen-bond donors (Lipinski definition) is 1. The van der Waals surface area contributed by atoms with E-state index in [-0.39, 0.29) is 24.2 Å². The van der Waals surface area contributed by atoms with Gasteiger partial charge in [0.25, 0.3) is 0 Å². The highest BCUT2D eigenvalue weighted by molar-refractivity contribution is 6.30. The van der Waals surface area contributed by atoms with Gasteiger partial charge in [-0.15, -0.1) is 0 Å². The lowest BCUT2D eigenvalue weighted by atomic mass is 10.1. The highest BCUT2D eigenvalue weighted by atomic mass is 35.5. The molecule has 24 heavy (non-hydrogen) atoms. The summed E-state index contributed by atoms with van der Waals surface area (Å²) in [7, 11) is 0. The fourth-order valence-corrected chi connectivity index (χ4v) is 3.10. The van der Waals surface area contributed by atoms with Crippen LogP contribution in [0.25, 0.3) is 0 Å². The van der Waals surface area contributed by atoms with Crippen LogP contribution in [0.3, 0.4) is 0 Å². The van der Waals surface area contributed by atoms with Crippen molar-refractivity contribution < 1.29 is 9.59 Å². The van der Waals surface area contributed by atoms with Crippen molar-refractivity contribution in [3.8, 4) is 0 Å². The van der Waals surface area contributed by atoms with Crippen molar-refractivity contribution in [2.75, 3.05) is 6.54 Å². The standard InChI is InChI=1S/C19H19ClN2O2/c20-17-8-4-7-15(9-17)11-21-19(24)16-10-18(23)22(13-16)12-14-5-2-1-3-6-14/h1-9,16H,10-13H2,(H,21,24)/t16-/m0/s1. The van der Waals surface area contributed by atoms with E-state index in [9.17, 15) is 9.59 Å². The number of halogens is 1. The Balaban J connectivity index is 1.54. The first-order chi connectivity index (χ1) is 11.6. The zero-order valence-corrected chi connectivity index (χ0v) is 14.0. The van der Waals surface area contributed by atoms with Gasteiger partial charge in [0, 0.05) is 31.1 Å². The lowest BCUT2D eigenvalue weighted by molar-refractivity contribution is -0.129. The second kappa shape index (κ2) is 7.49. The summed E-state index contributed by atoms with van der Waals surface area (Å²) >= 11 is 5.94. The smallest absolute Gasteiger partial charge is 0.225 e. The van der Waals surface area contributed by atoms with Crippen molar-refractivity contribution in [1.82, 2.24) is 10.2 Å². The summed E-state index contributed by atoms with van der Waals surface area (Å²) in [6, 6.07) is 17.2. The Hall–Kier alpha value is -2.33. The quantitative estimate of drug-likeness (QED) is 0.908. The van der Waals surface area contributed by atoms with Crippen LogP contribution in [0.1, 0.15) is 17.5 Å². The monoisotopic (exact) mass is 342 g/mol. The van der Waals surface area contributed by atoms with Gasteiger partial charge in [-0.2, -0.15) is 0 Å². The van der Waals surface area contributed by atoms with E-state index in [1.165, 1.54) is 0 Å². The number of nitrogens with one attached hydrogen (secondary N) is 1. The Morgan fingerprint density at radius 2 is 1.88 bits per heavy atom. The average molecular weight is 343 g/mol. The van der Waals surface area contributed by atoms with E-state index in [0.717, 1.165) is 11.1 Å². The fraction of sp³-hybridized carbons (Fsp3) is 0.263. The van der Waals surface area contributed by atoms with Crippen LogP contribution in [0, 0.1) is 5.92 Å². The molecule has 0 saturated carbocycles. The number of hydrogen-bond acceptors (Lipinski definition) is 2. The molecule has 0 unspecified atom stereocenters. The van der Waals surface area contributed by atoms with E-state index in [4.69, 9.17) is 11.6 Å². The fourth-order valence-electron chi connectivity index (χ4n) is 2.88. The predicted octanol–water partition coefficient (Wildman–Crippen LogP) is 3.00. The van der Waals surface area contributed by atoms with Crippen LogP contribution in [0.4, 0.5) is 0 Å². The minimum Gasteiger partial charge on any atom is -0.352 e. The molecule has 1 fully saturated rings. The maximum absolute atomic E-state index is 12.3. The van der Waals surface area contributed by atoms with E-state index >= 15 is 0 Å². The molecule has 1 heterocycles. The molecule has 1 aliphatic rings. The minimum absolute atomic E-state index is 0.0294. The van der Waals surface area contributed by atoms with Gasteiger partial charge >= 0.3 is 0 Å². The number of nitrogens with zero attached hydrogens (tertiary/aromatic N) is 1. The van der Waals surface area contributed by atoms with E-state index < -0.39 is 0 Å². The Labute approximate surface area is 146 Å². The van der Waals surface area contributed by atoms with Gasteiger partial charge in [0.1, 0.15) is 0 Å². The van der Waals surface area contributed by atoms with Gasteiger partial charge in [-0.05, 0) is 23.3 Å². The molecule has 0 aliphatic carbocycles. The van der Waals surface area contributed by atoms with Crippen LogP contribution in [0.15, 0.2) is 54.6 Å². The zero-order valence-electron chi connectivity index (χ0n) is 13.2. The van der Waals surface area contributed by atoms with Crippen LogP contribution in [0.2, 0.25) is 5.02 Å². The van der Waals surface area contributed by atoms with Gasteiger partial charge in [-0.25, -0.2) is 0 Å². The molecule has 124 valence electrons. The second-order valence-electron chi connectivity index (χ2n) is 6.01. The molecule has 1 saturated heterocycles. The van der Waals surface area contributed by atoms with Crippen molar-refractivity contribution in [2.24, 2.45) is 5.92 Å². The maximum Gasteiger partial charge on any atom is 0.225 e. The first kappa shape index (κ1) is 16.5. The molecule has 0 aromatic heterocycles. The van der Waals surface area contributed by atoms with Crippen molar-refractivity contribution in [1.29, 1.82) is 0 Å². The number of amides is 2. The van der Waals surface area contributed by atoms with E-state index in [2.05, 4.69) is 5.32 Å². The lowest BCUT2D eigenvalue weighted by Crippen LogP contribution is -2.32. The third-order valence-electron chi connectivity index (χ3n) is 4.16. The molecule has 0 bridgehead atoms. The number of rotatable bonds is 5. The van der Waals surface area contributed by atoms with Crippen LogP contribution in [-0.4, -0.2) is 23.3 Å². The highest BCUT2D eigenvalue weighted by Gasteiger charge is 2.33. The first-order valence-electron chi connectivity index (χ1n) is 7.95. The molecule has 1 atom stereocenters. The molecule has 1 N–H and O–H groups in total. The van der Waals surface area contributed by atoms with E-state index in [1.54, 1.807) is 11.0 Å². The minimum atomic E-state index is -0.291.